The number of allylic oxidation sites excluding steroid dienone is 4. The lowest BCUT2D eigenvalue weighted by Gasteiger charge is -2.29. The molecule has 0 amide bonds. The van der Waals surface area contributed by atoms with Crippen molar-refractivity contribution in [2.45, 2.75) is 11.3 Å². The molecule has 0 aliphatic carbocycles. The maximum Gasteiger partial charge on any atom is 0.227 e. The molecule has 7 aromatic carbocycles. The Balaban J connectivity index is 1.18. The maximum atomic E-state index is 6.40. The minimum Gasteiger partial charge on any atom is -0.436 e. The minimum absolute atomic E-state index is 0.627. The van der Waals surface area contributed by atoms with Gasteiger partial charge < -0.3 is 9.32 Å². The van der Waals surface area contributed by atoms with E-state index in [9.17, 15) is 0 Å². The standard InChI is InChI=1S/C48H34N2OS/c1-33-15-5-2-8-18-36-27-30-39(31-46(36)52-33)50(44-24-14-13-21-40(44)34-16-6-3-7-17-34)38-28-25-35(26-29-38)43-32-45-47(42-23-12-11-22-41(42)43)49-48(51-45)37-19-9-4-10-20-37/h2-17,19-32H,1,18H2/b8-2-,15-5-. The van der Waals surface area contributed by atoms with Crippen molar-refractivity contribution in [1.82, 2.24) is 4.98 Å². The van der Waals surface area contributed by atoms with Crippen LogP contribution in [0.5, 0.6) is 0 Å². The second-order valence-electron chi connectivity index (χ2n) is 12.8. The van der Waals surface area contributed by atoms with Crippen LogP contribution in [-0.2, 0) is 6.42 Å². The Bertz CT molecular complexity index is 2640. The first-order chi connectivity index (χ1) is 25.7. The highest BCUT2D eigenvalue weighted by Gasteiger charge is 2.20. The Labute approximate surface area is 307 Å². The van der Waals surface area contributed by atoms with Gasteiger partial charge in [-0.25, -0.2) is 4.98 Å². The van der Waals surface area contributed by atoms with Gasteiger partial charge in [0, 0.05) is 37.7 Å². The molecule has 0 radical (unpaired) electrons. The first kappa shape index (κ1) is 31.6. The van der Waals surface area contributed by atoms with Gasteiger partial charge in [0.15, 0.2) is 5.58 Å². The molecule has 1 aliphatic heterocycles. The normalized spacial score (nSPS) is 14.0. The lowest BCUT2D eigenvalue weighted by molar-refractivity contribution is 0.620. The molecule has 0 saturated carbocycles. The van der Waals surface area contributed by atoms with Crippen molar-refractivity contribution in [1.29, 1.82) is 0 Å². The summed E-state index contributed by atoms with van der Waals surface area (Å²) >= 11 is 1.72. The molecule has 248 valence electrons. The van der Waals surface area contributed by atoms with Crippen LogP contribution in [0.1, 0.15) is 5.56 Å². The summed E-state index contributed by atoms with van der Waals surface area (Å²) in [5.41, 5.74) is 11.7. The quantitative estimate of drug-likeness (QED) is 0.174. The zero-order valence-corrected chi connectivity index (χ0v) is 29.3. The third kappa shape index (κ3) is 6.04. The van der Waals surface area contributed by atoms with Crippen LogP contribution in [0.15, 0.2) is 203 Å². The fourth-order valence-electron chi connectivity index (χ4n) is 7.00. The van der Waals surface area contributed by atoms with Crippen LogP contribution in [0, 0.1) is 0 Å². The molecular weight excluding hydrogens is 653 g/mol. The van der Waals surface area contributed by atoms with Gasteiger partial charge >= 0.3 is 0 Å². The molecule has 0 bridgehead atoms. The third-order valence-electron chi connectivity index (χ3n) is 9.51. The van der Waals surface area contributed by atoms with Gasteiger partial charge in [0.25, 0.3) is 0 Å². The second kappa shape index (κ2) is 13.7. The predicted octanol–water partition coefficient (Wildman–Crippen LogP) is 13.7. The molecule has 1 aliphatic rings. The van der Waals surface area contributed by atoms with Gasteiger partial charge in [0.05, 0.1) is 5.69 Å². The summed E-state index contributed by atoms with van der Waals surface area (Å²) in [5.74, 6) is 0.627. The molecule has 0 unspecified atom stereocenters. The highest BCUT2D eigenvalue weighted by molar-refractivity contribution is 8.03. The molecule has 2 heterocycles. The third-order valence-corrected chi connectivity index (χ3v) is 10.5. The molecule has 0 saturated heterocycles. The van der Waals surface area contributed by atoms with Crippen LogP contribution < -0.4 is 4.90 Å². The van der Waals surface area contributed by atoms with Gasteiger partial charge in [0.2, 0.25) is 5.89 Å². The Morgan fingerprint density at radius 3 is 2.08 bits per heavy atom. The van der Waals surface area contributed by atoms with Crippen molar-refractivity contribution < 1.29 is 4.42 Å². The van der Waals surface area contributed by atoms with Gasteiger partial charge in [-0.15, -0.1) is 0 Å². The van der Waals surface area contributed by atoms with Gasteiger partial charge in [-0.1, -0.05) is 146 Å². The van der Waals surface area contributed by atoms with Gasteiger partial charge in [-0.05, 0) is 88.7 Å². The largest absolute Gasteiger partial charge is 0.436 e. The van der Waals surface area contributed by atoms with Gasteiger partial charge in [-0.3, -0.25) is 0 Å². The Kier molecular flexibility index (Phi) is 8.36. The van der Waals surface area contributed by atoms with Crippen molar-refractivity contribution in [2.75, 3.05) is 4.90 Å². The topological polar surface area (TPSA) is 29.3 Å². The van der Waals surface area contributed by atoms with E-state index >= 15 is 0 Å². The van der Waals surface area contributed by atoms with Crippen LogP contribution in [0.3, 0.4) is 0 Å². The lowest BCUT2D eigenvalue weighted by Crippen LogP contribution is -2.11. The molecule has 0 fully saturated rings. The number of anilines is 3. The van der Waals surface area contributed by atoms with Gasteiger partial charge in [-0.2, -0.15) is 0 Å². The van der Waals surface area contributed by atoms with Crippen molar-refractivity contribution in [2.24, 2.45) is 0 Å². The minimum atomic E-state index is 0.627. The highest BCUT2D eigenvalue weighted by atomic mass is 32.2. The monoisotopic (exact) mass is 686 g/mol. The smallest absolute Gasteiger partial charge is 0.227 e. The second-order valence-corrected chi connectivity index (χ2v) is 14.0. The molecule has 52 heavy (non-hydrogen) atoms. The highest BCUT2D eigenvalue weighted by Crippen LogP contribution is 2.44. The molecule has 0 spiro atoms. The predicted molar refractivity (Wildman–Crippen MR) is 219 cm³/mol. The average Bonchev–Trinajstić information content (AvgIpc) is 3.67. The number of para-hydroxylation sites is 1. The Morgan fingerprint density at radius 1 is 0.596 bits per heavy atom. The Morgan fingerprint density at radius 2 is 1.27 bits per heavy atom. The van der Waals surface area contributed by atoms with Crippen molar-refractivity contribution in [3.63, 3.8) is 0 Å². The maximum absolute atomic E-state index is 6.40. The number of hydrogen-bond acceptors (Lipinski definition) is 4. The van der Waals surface area contributed by atoms with E-state index in [4.69, 9.17) is 9.40 Å². The van der Waals surface area contributed by atoms with Crippen LogP contribution in [0.25, 0.3) is 55.6 Å². The Hall–Kier alpha value is -6.36. The van der Waals surface area contributed by atoms with E-state index in [1.54, 1.807) is 11.8 Å². The van der Waals surface area contributed by atoms with Crippen LogP contribution in [-0.4, -0.2) is 4.98 Å². The first-order valence-corrected chi connectivity index (χ1v) is 18.3. The van der Waals surface area contributed by atoms with Crippen molar-refractivity contribution >= 4 is 50.7 Å². The number of aromatic nitrogens is 1. The van der Waals surface area contributed by atoms with Crippen LogP contribution >= 0.6 is 11.8 Å². The fraction of sp³-hybridized carbons (Fsp3) is 0.0208. The molecule has 0 atom stereocenters. The van der Waals surface area contributed by atoms with Crippen molar-refractivity contribution in [3.05, 3.63) is 199 Å². The van der Waals surface area contributed by atoms with E-state index in [1.165, 1.54) is 16.0 Å². The van der Waals surface area contributed by atoms with Crippen LogP contribution in [0.2, 0.25) is 0 Å². The van der Waals surface area contributed by atoms with E-state index < -0.39 is 0 Å². The molecule has 9 rings (SSSR count). The summed E-state index contributed by atoms with van der Waals surface area (Å²) in [6.07, 6.45) is 9.32. The van der Waals surface area contributed by atoms with E-state index in [-0.39, 0.29) is 0 Å². The molecule has 3 nitrogen and oxygen atoms in total. The summed E-state index contributed by atoms with van der Waals surface area (Å²) < 4.78 is 6.40. The van der Waals surface area contributed by atoms with Gasteiger partial charge in [0.1, 0.15) is 5.52 Å². The summed E-state index contributed by atoms with van der Waals surface area (Å²) in [7, 11) is 0. The fourth-order valence-corrected chi connectivity index (χ4v) is 7.90. The van der Waals surface area contributed by atoms with E-state index in [2.05, 4.69) is 163 Å². The van der Waals surface area contributed by atoms with E-state index in [0.29, 0.717) is 5.89 Å². The summed E-state index contributed by atoms with van der Waals surface area (Å²) in [4.78, 5) is 9.54. The zero-order valence-electron chi connectivity index (χ0n) is 28.4. The van der Waals surface area contributed by atoms with Crippen molar-refractivity contribution in [3.8, 4) is 33.7 Å². The SMILES string of the molecule is C=C1/C=C\C=C/Cc2ccc(N(c3ccc(-c4cc5oc(-c6ccccc6)nc5c5ccccc45)cc3)c3ccccc3-c3ccccc3)cc2S1. The molecule has 0 N–H and O–H groups in total. The number of oxazole rings is 1. The lowest BCUT2D eigenvalue weighted by atomic mass is 9.96. The number of thioether (sulfide) groups is 1. The first-order valence-electron chi connectivity index (χ1n) is 17.5. The molecule has 8 aromatic rings. The number of rotatable bonds is 6. The summed E-state index contributed by atoms with van der Waals surface area (Å²) in [5, 5.41) is 2.21. The number of benzene rings is 7. The number of fused-ring (bicyclic) bond motifs is 4. The number of nitrogens with zero attached hydrogens (tertiary/aromatic N) is 2. The average molecular weight is 687 g/mol. The summed E-state index contributed by atoms with van der Waals surface area (Å²) in [6, 6.07) is 55.7. The van der Waals surface area contributed by atoms with Crippen LogP contribution in [0.4, 0.5) is 17.1 Å². The number of hydrogen-bond donors (Lipinski definition) is 0. The molecule has 4 heteroatoms. The molecular formula is C48H34N2OS. The molecule has 1 aromatic heterocycles. The zero-order chi connectivity index (χ0) is 34.9. The van der Waals surface area contributed by atoms with E-state index in [0.717, 1.165) is 72.5 Å². The van der Waals surface area contributed by atoms with E-state index in [1.807, 2.05) is 30.3 Å². The summed E-state index contributed by atoms with van der Waals surface area (Å²) in [6.45, 7) is 4.31.